The minimum Gasteiger partial charge on any atom is -0.480 e. The topological polar surface area (TPSA) is 90.7 Å². The van der Waals surface area contributed by atoms with E-state index in [2.05, 4.69) is 20.9 Å². The average molecular weight is 315 g/mol. The van der Waals surface area contributed by atoms with Gasteiger partial charge in [-0.2, -0.15) is 0 Å². The number of aliphatic hydroxyl groups is 1. The number of rotatable bonds is 2. The molecule has 0 saturated carbocycles. The molecular formula is C11H11BrN2O4. The highest BCUT2D eigenvalue weighted by molar-refractivity contribution is 9.10. The number of amides is 1. The molecule has 1 aliphatic heterocycles. The van der Waals surface area contributed by atoms with Crippen LogP contribution in [0.15, 0.2) is 22.9 Å². The zero-order valence-corrected chi connectivity index (χ0v) is 10.9. The molecule has 1 aromatic rings. The van der Waals surface area contributed by atoms with Crippen LogP contribution in [0.1, 0.15) is 16.8 Å². The lowest BCUT2D eigenvalue weighted by Gasteiger charge is -2.21. The molecule has 18 heavy (non-hydrogen) atoms. The standard InChI is InChI=1S/C11H11BrN2O4/c12-9-7(2-1-3-13-9)10(16)14-5-6(15)4-8(14)11(17)18/h1-3,6,8,15H,4-5H2,(H,17,18). The molecule has 2 unspecified atom stereocenters. The van der Waals surface area contributed by atoms with Crippen molar-refractivity contribution in [2.75, 3.05) is 6.54 Å². The number of pyridine rings is 1. The quantitative estimate of drug-likeness (QED) is 0.776. The van der Waals surface area contributed by atoms with E-state index in [9.17, 15) is 14.7 Å². The Balaban J connectivity index is 2.28. The Hall–Kier alpha value is -1.47. The van der Waals surface area contributed by atoms with Gasteiger partial charge in [-0.25, -0.2) is 9.78 Å². The molecule has 2 heterocycles. The minimum absolute atomic E-state index is 0.0249. The number of aliphatic carboxylic acids is 1. The first-order valence-electron chi connectivity index (χ1n) is 5.33. The molecule has 1 amide bonds. The SMILES string of the molecule is O=C(O)C1CC(O)CN1C(=O)c1cccnc1Br. The van der Waals surface area contributed by atoms with Crippen LogP contribution in [-0.2, 0) is 4.79 Å². The normalized spacial score (nSPS) is 23.1. The molecule has 96 valence electrons. The third kappa shape index (κ3) is 2.37. The van der Waals surface area contributed by atoms with Gasteiger partial charge >= 0.3 is 5.97 Å². The lowest BCUT2D eigenvalue weighted by molar-refractivity contribution is -0.141. The molecule has 1 aromatic heterocycles. The summed E-state index contributed by atoms with van der Waals surface area (Å²) in [5, 5.41) is 18.5. The summed E-state index contributed by atoms with van der Waals surface area (Å²) in [6.45, 7) is 0.0249. The van der Waals surface area contributed by atoms with Crippen molar-refractivity contribution in [2.24, 2.45) is 0 Å². The van der Waals surface area contributed by atoms with Crippen molar-refractivity contribution >= 4 is 27.8 Å². The van der Waals surface area contributed by atoms with E-state index in [0.29, 0.717) is 4.60 Å². The number of halogens is 1. The molecule has 0 bridgehead atoms. The van der Waals surface area contributed by atoms with Crippen LogP contribution in [0, 0.1) is 0 Å². The van der Waals surface area contributed by atoms with Crippen molar-refractivity contribution in [3.63, 3.8) is 0 Å². The van der Waals surface area contributed by atoms with Gasteiger partial charge in [0.15, 0.2) is 0 Å². The molecule has 0 aliphatic carbocycles. The summed E-state index contributed by atoms with van der Waals surface area (Å²) < 4.78 is 0.362. The summed E-state index contributed by atoms with van der Waals surface area (Å²) in [6.07, 6.45) is 0.776. The molecule has 1 saturated heterocycles. The summed E-state index contributed by atoms with van der Waals surface area (Å²) in [6, 6.07) is 2.17. The number of nitrogens with zero attached hydrogens (tertiary/aromatic N) is 2. The first-order valence-corrected chi connectivity index (χ1v) is 6.12. The number of carbonyl (C=O) groups is 2. The third-order valence-electron chi connectivity index (χ3n) is 2.81. The van der Waals surface area contributed by atoms with Crippen molar-refractivity contribution in [1.29, 1.82) is 0 Å². The molecule has 0 radical (unpaired) electrons. The largest absolute Gasteiger partial charge is 0.480 e. The van der Waals surface area contributed by atoms with Crippen LogP contribution >= 0.6 is 15.9 Å². The Bertz CT molecular complexity index is 494. The fourth-order valence-corrected chi connectivity index (χ4v) is 2.39. The van der Waals surface area contributed by atoms with Gasteiger partial charge < -0.3 is 15.1 Å². The van der Waals surface area contributed by atoms with Crippen LogP contribution in [0.5, 0.6) is 0 Å². The first kappa shape index (κ1) is 13.0. The Labute approximate surface area is 111 Å². The second-order valence-corrected chi connectivity index (χ2v) is 4.79. The molecule has 0 aromatic carbocycles. The molecule has 0 spiro atoms. The van der Waals surface area contributed by atoms with E-state index in [-0.39, 0.29) is 18.5 Å². The monoisotopic (exact) mass is 314 g/mol. The number of aromatic nitrogens is 1. The van der Waals surface area contributed by atoms with Gasteiger partial charge in [0.25, 0.3) is 5.91 Å². The van der Waals surface area contributed by atoms with Crippen molar-refractivity contribution in [1.82, 2.24) is 9.88 Å². The predicted octanol–water partition coefficient (Wildman–Crippen LogP) is 0.504. The van der Waals surface area contributed by atoms with Crippen LogP contribution < -0.4 is 0 Å². The fraction of sp³-hybridized carbons (Fsp3) is 0.364. The lowest BCUT2D eigenvalue weighted by Crippen LogP contribution is -2.40. The van der Waals surface area contributed by atoms with Crippen LogP contribution in [-0.4, -0.2) is 50.7 Å². The zero-order chi connectivity index (χ0) is 13.3. The lowest BCUT2D eigenvalue weighted by atomic mass is 10.2. The maximum Gasteiger partial charge on any atom is 0.326 e. The van der Waals surface area contributed by atoms with Gasteiger partial charge in [0.05, 0.1) is 11.7 Å². The second-order valence-electron chi connectivity index (χ2n) is 4.04. The molecule has 1 fully saturated rings. The van der Waals surface area contributed by atoms with Crippen molar-refractivity contribution < 1.29 is 19.8 Å². The third-order valence-corrected chi connectivity index (χ3v) is 3.45. The van der Waals surface area contributed by atoms with Gasteiger partial charge in [-0.1, -0.05) is 0 Å². The summed E-state index contributed by atoms with van der Waals surface area (Å²) in [5.74, 6) is -1.56. The maximum absolute atomic E-state index is 12.2. The van der Waals surface area contributed by atoms with Gasteiger partial charge in [0.2, 0.25) is 0 Å². The molecule has 2 rings (SSSR count). The Kier molecular flexibility index (Phi) is 3.63. The fourth-order valence-electron chi connectivity index (χ4n) is 1.97. The molecule has 2 atom stereocenters. The van der Waals surface area contributed by atoms with Crippen LogP contribution in [0.3, 0.4) is 0 Å². The second kappa shape index (κ2) is 5.03. The Morgan fingerprint density at radius 2 is 2.22 bits per heavy atom. The van der Waals surface area contributed by atoms with E-state index in [1.807, 2.05) is 0 Å². The highest BCUT2D eigenvalue weighted by Gasteiger charge is 2.39. The molecule has 1 aliphatic rings. The van der Waals surface area contributed by atoms with E-state index in [4.69, 9.17) is 5.11 Å². The smallest absolute Gasteiger partial charge is 0.326 e. The van der Waals surface area contributed by atoms with Crippen LogP contribution in [0.2, 0.25) is 0 Å². The summed E-state index contributed by atoms with van der Waals surface area (Å²) in [5.41, 5.74) is 0.290. The summed E-state index contributed by atoms with van der Waals surface area (Å²) >= 11 is 3.15. The van der Waals surface area contributed by atoms with Gasteiger partial charge in [-0.15, -0.1) is 0 Å². The molecule has 7 heteroatoms. The predicted molar refractivity (Wildman–Crippen MR) is 65.0 cm³/mol. The number of aliphatic hydroxyl groups excluding tert-OH is 1. The zero-order valence-electron chi connectivity index (χ0n) is 9.28. The highest BCUT2D eigenvalue weighted by atomic mass is 79.9. The highest BCUT2D eigenvalue weighted by Crippen LogP contribution is 2.23. The average Bonchev–Trinajstić information content (AvgIpc) is 2.71. The van der Waals surface area contributed by atoms with Crippen LogP contribution in [0.4, 0.5) is 0 Å². The van der Waals surface area contributed by atoms with E-state index in [1.54, 1.807) is 12.1 Å². The molecule has 2 N–H and O–H groups in total. The van der Waals surface area contributed by atoms with Crippen molar-refractivity contribution in [3.8, 4) is 0 Å². The van der Waals surface area contributed by atoms with Gasteiger partial charge in [-0.3, -0.25) is 4.79 Å². The van der Waals surface area contributed by atoms with Crippen molar-refractivity contribution in [3.05, 3.63) is 28.5 Å². The van der Waals surface area contributed by atoms with E-state index >= 15 is 0 Å². The molecular weight excluding hydrogens is 304 g/mol. The van der Waals surface area contributed by atoms with Gasteiger partial charge in [0.1, 0.15) is 10.6 Å². The van der Waals surface area contributed by atoms with E-state index in [1.165, 1.54) is 6.20 Å². The van der Waals surface area contributed by atoms with Gasteiger partial charge in [-0.05, 0) is 28.1 Å². The van der Waals surface area contributed by atoms with E-state index in [0.717, 1.165) is 4.90 Å². The Morgan fingerprint density at radius 3 is 2.83 bits per heavy atom. The first-order chi connectivity index (χ1) is 8.50. The van der Waals surface area contributed by atoms with Gasteiger partial charge in [0, 0.05) is 19.2 Å². The Morgan fingerprint density at radius 1 is 1.50 bits per heavy atom. The van der Waals surface area contributed by atoms with E-state index < -0.39 is 24.0 Å². The van der Waals surface area contributed by atoms with Crippen molar-refractivity contribution in [2.45, 2.75) is 18.6 Å². The summed E-state index contributed by atoms with van der Waals surface area (Å²) in [7, 11) is 0. The number of carboxylic acid groups (broad SMARTS) is 1. The number of hydrogen-bond donors (Lipinski definition) is 2. The number of carboxylic acids is 1. The number of likely N-dealkylation sites (tertiary alicyclic amines) is 1. The molecule has 6 nitrogen and oxygen atoms in total. The maximum atomic E-state index is 12.2. The summed E-state index contributed by atoms with van der Waals surface area (Å²) in [4.78, 5) is 28.3. The number of hydrogen-bond acceptors (Lipinski definition) is 4. The number of carbonyl (C=O) groups excluding carboxylic acids is 1. The minimum atomic E-state index is -1.11. The number of β-amino-alcohol motifs (C(OH)–C–C–N with tert-alkyl or cyclic N) is 1. The van der Waals surface area contributed by atoms with Crippen LogP contribution in [0.25, 0.3) is 0 Å².